The van der Waals surface area contributed by atoms with Gasteiger partial charge in [0.15, 0.2) is 0 Å². The molecule has 0 fully saturated rings. The highest BCUT2D eigenvalue weighted by atomic mass is 16.3. The largest absolute Gasteiger partial charge is 0.508 e. The number of hydrogen-bond acceptors (Lipinski definition) is 2. The van der Waals surface area contributed by atoms with Gasteiger partial charge in [-0.15, -0.1) is 0 Å². The molecule has 0 saturated heterocycles. The summed E-state index contributed by atoms with van der Waals surface area (Å²) < 4.78 is 0. The van der Waals surface area contributed by atoms with Crippen LogP contribution in [0.1, 0.15) is 29.7 Å². The minimum Gasteiger partial charge on any atom is -0.508 e. The number of phenolic OH excluding ortho intramolecular Hbond substituents is 1. The molecule has 2 rings (SSSR count). The molecule has 0 aliphatic rings. The van der Waals surface area contributed by atoms with E-state index in [0.717, 1.165) is 12.1 Å². The van der Waals surface area contributed by atoms with Gasteiger partial charge in [0.05, 0.1) is 0 Å². The fourth-order valence-corrected chi connectivity index (χ4v) is 2.06. The lowest BCUT2D eigenvalue weighted by Gasteiger charge is -2.15. The topological polar surface area (TPSA) is 32.3 Å². The van der Waals surface area contributed by atoms with Crippen molar-refractivity contribution in [2.24, 2.45) is 0 Å². The number of aryl methyl sites for hydroxylation is 1. The zero-order chi connectivity index (χ0) is 13.0. The van der Waals surface area contributed by atoms with E-state index in [1.165, 1.54) is 11.1 Å². The van der Waals surface area contributed by atoms with E-state index < -0.39 is 0 Å². The molecular weight excluding hydrogens is 222 g/mol. The van der Waals surface area contributed by atoms with Crippen molar-refractivity contribution >= 4 is 0 Å². The van der Waals surface area contributed by atoms with Crippen molar-refractivity contribution in [1.82, 2.24) is 5.32 Å². The monoisotopic (exact) mass is 241 g/mol. The Morgan fingerprint density at radius 2 is 1.89 bits per heavy atom. The van der Waals surface area contributed by atoms with Gasteiger partial charge in [-0.25, -0.2) is 0 Å². The summed E-state index contributed by atoms with van der Waals surface area (Å²) in [7, 11) is 0. The van der Waals surface area contributed by atoms with Gasteiger partial charge in [0.1, 0.15) is 5.75 Å². The maximum Gasteiger partial charge on any atom is 0.120 e. The molecule has 0 saturated carbocycles. The fraction of sp³-hybridized carbons (Fsp3) is 0.250. The standard InChI is InChI=1S/C16H19NO/c1-12-6-5-7-14(10-12)11-17-13(2)15-8-3-4-9-16(15)18/h3-10,13,17-18H,11H2,1-2H3. The summed E-state index contributed by atoms with van der Waals surface area (Å²) in [6, 6.07) is 16.0. The van der Waals surface area contributed by atoms with E-state index in [0.29, 0.717) is 5.75 Å². The normalized spacial score (nSPS) is 12.3. The first-order valence-electron chi connectivity index (χ1n) is 6.23. The molecule has 18 heavy (non-hydrogen) atoms. The predicted octanol–water partition coefficient (Wildman–Crippen LogP) is 3.55. The van der Waals surface area contributed by atoms with Gasteiger partial charge in [0.2, 0.25) is 0 Å². The zero-order valence-corrected chi connectivity index (χ0v) is 10.9. The lowest BCUT2D eigenvalue weighted by molar-refractivity contribution is 0.452. The van der Waals surface area contributed by atoms with Crippen LogP contribution in [0.15, 0.2) is 48.5 Å². The minimum atomic E-state index is 0.131. The molecule has 0 aliphatic carbocycles. The van der Waals surface area contributed by atoms with Crippen LogP contribution in [0.2, 0.25) is 0 Å². The van der Waals surface area contributed by atoms with Gasteiger partial charge in [-0.05, 0) is 25.5 Å². The van der Waals surface area contributed by atoms with Crippen LogP contribution in [-0.4, -0.2) is 5.11 Å². The lowest BCUT2D eigenvalue weighted by Crippen LogP contribution is -2.18. The number of para-hydroxylation sites is 1. The van der Waals surface area contributed by atoms with E-state index in [4.69, 9.17) is 0 Å². The van der Waals surface area contributed by atoms with Crippen molar-refractivity contribution in [2.45, 2.75) is 26.4 Å². The van der Waals surface area contributed by atoms with Crippen molar-refractivity contribution in [2.75, 3.05) is 0 Å². The van der Waals surface area contributed by atoms with Gasteiger partial charge in [0, 0.05) is 18.2 Å². The number of hydrogen-bond donors (Lipinski definition) is 2. The Balaban J connectivity index is 2.00. The van der Waals surface area contributed by atoms with Crippen LogP contribution < -0.4 is 5.32 Å². The molecule has 0 spiro atoms. The third kappa shape index (κ3) is 3.11. The first-order valence-corrected chi connectivity index (χ1v) is 6.23. The van der Waals surface area contributed by atoms with Gasteiger partial charge < -0.3 is 10.4 Å². The Bertz CT molecular complexity index is 522. The van der Waals surface area contributed by atoms with E-state index in [1.807, 2.05) is 18.2 Å². The van der Waals surface area contributed by atoms with Crippen LogP contribution in [0.25, 0.3) is 0 Å². The Morgan fingerprint density at radius 1 is 1.11 bits per heavy atom. The molecule has 0 radical (unpaired) electrons. The second-order valence-corrected chi connectivity index (χ2v) is 4.65. The van der Waals surface area contributed by atoms with E-state index in [2.05, 4.69) is 43.4 Å². The molecule has 0 amide bonds. The van der Waals surface area contributed by atoms with E-state index in [9.17, 15) is 5.11 Å². The molecule has 0 heterocycles. The molecule has 2 N–H and O–H groups in total. The average Bonchev–Trinajstić information content (AvgIpc) is 2.37. The number of aromatic hydroxyl groups is 1. The first kappa shape index (κ1) is 12.7. The summed E-state index contributed by atoms with van der Waals surface area (Å²) in [6.07, 6.45) is 0. The highest BCUT2D eigenvalue weighted by Crippen LogP contribution is 2.23. The van der Waals surface area contributed by atoms with Crippen molar-refractivity contribution < 1.29 is 5.11 Å². The molecule has 0 bridgehead atoms. The Kier molecular flexibility index (Phi) is 4.00. The van der Waals surface area contributed by atoms with Gasteiger partial charge in [0.25, 0.3) is 0 Å². The van der Waals surface area contributed by atoms with E-state index in [1.54, 1.807) is 6.07 Å². The molecule has 2 aromatic rings. The highest BCUT2D eigenvalue weighted by molar-refractivity contribution is 5.34. The summed E-state index contributed by atoms with van der Waals surface area (Å²) in [5.41, 5.74) is 3.46. The van der Waals surface area contributed by atoms with E-state index in [-0.39, 0.29) is 6.04 Å². The van der Waals surface area contributed by atoms with E-state index >= 15 is 0 Å². The molecule has 0 aliphatic heterocycles. The number of phenols is 1. The fourth-order valence-electron chi connectivity index (χ4n) is 2.06. The average molecular weight is 241 g/mol. The summed E-state index contributed by atoms with van der Waals surface area (Å²) in [4.78, 5) is 0. The van der Waals surface area contributed by atoms with Gasteiger partial charge in [-0.3, -0.25) is 0 Å². The van der Waals surface area contributed by atoms with Gasteiger partial charge in [-0.2, -0.15) is 0 Å². The van der Waals surface area contributed by atoms with Crippen molar-refractivity contribution in [3.05, 3.63) is 65.2 Å². The van der Waals surface area contributed by atoms with Crippen molar-refractivity contribution in [3.8, 4) is 5.75 Å². The summed E-state index contributed by atoms with van der Waals surface area (Å²) >= 11 is 0. The molecule has 94 valence electrons. The molecule has 2 heteroatoms. The first-order chi connectivity index (χ1) is 8.66. The molecule has 2 nitrogen and oxygen atoms in total. The second-order valence-electron chi connectivity index (χ2n) is 4.65. The molecule has 2 aromatic carbocycles. The third-order valence-corrected chi connectivity index (χ3v) is 3.10. The van der Waals surface area contributed by atoms with Crippen molar-refractivity contribution in [1.29, 1.82) is 0 Å². The third-order valence-electron chi connectivity index (χ3n) is 3.10. The van der Waals surface area contributed by atoms with Crippen LogP contribution in [0.4, 0.5) is 0 Å². The Labute approximate surface area is 108 Å². The maximum absolute atomic E-state index is 9.78. The molecule has 0 aromatic heterocycles. The summed E-state index contributed by atoms with van der Waals surface area (Å²) in [5, 5.41) is 13.2. The summed E-state index contributed by atoms with van der Waals surface area (Å²) in [5.74, 6) is 0.349. The smallest absolute Gasteiger partial charge is 0.120 e. The van der Waals surface area contributed by atoms with Crippen LogP contribution in [0.3, 0.4) is 0 Å². The molecule has 1 unspecified atom stereocenters. The van der Waals surface area contributed by atoms with Crippen LogP contribution in [0, 0.1) is 6.92 Å². The maximum atomic E-state index is 9.78. The SMILES string of the molecule is Cc1cccc(CNC(C)c2ccccc2O)c1. The van der Waals surface area contributed by atoms with Crippen molar-refractivity contribution in [3.63, 3.8) is 0 Å². The van der Waals surface area contributed by atoms with Gasteiger partial charge in [-0.1, -0.05) is 48.0 Å². The Morgan fingerprint density at radius 3 is 2.61 bits per heavy atom. The minimum absolute atomic E-state index is 0.131. The predicted molar refractivity (Wildman–Crippen MR) is 74.5 cm³/mol. The lowest BCUT2D eigenvalue weighted by atomic mass is 10.1. The Hall–Kier alpha value is -1.80. The van der Waals surface area contributed by atoms with Crippen LogP contribution in [0.5, 0.6) is 5.75 Å². The van der Waals surface area contributed by atoms with Gasteiger partial charge >= 0.3 is 0 Å². The number of benzene rings is 2. The zero-order valence-electron chi connectivity index (χ0n) is 10.9. The highest BCUT2D eigenvalue weighted by Gasteiger charge is 2.08. The van der Waals surface area contributed by atoms with Crippen LogP contribution in [-0.2, 0) is 6.54 Å². The summed E-state index contributed by atoms with van der Waals surface area (Å²) in [6.45, 7) is 4.96. The second kappa shape index (κ2) is 5.69. The van der Waals surface area contributed by atoms with Crippen LogP contribution >= 0.6 is 0 Å². The number of rotatable bonds is 4. The molecular formula is C16H19NO. The molecule has 1 atom stereocenters. The quantitative estimate of drug-likeness (QED) is 0.858. The number of nitrogens with one attached hydrogen (secondary N) is 1.